The van der Waals surface area contributed by atoms with Gasteiger partial charge in [0.1, 0.15) is 0 Å². The zero-order valence-corrected chi connectivity index (χ0v) is 12.8. The molecule has 1 aromatic carbocycles. The molecule has 116 valence electrons. The fourth-order valence-electron chi connectivity index (χ4n) is 2.72. The maximum Gasteiger partial charge on any atom is 0.319 e. The minimum absolute atomic E-state index is 0.125. The molecule has 1 aliphatic rings. The molecule has 0 saturated carbocycles. The summed E-state index contributed by atoms with van der Waals surface area (Å²) in [5, 5.41) is 18.8. The first kappa shape index (κ1) is 15.8. The number of piperidine rings is 1. The molecule has 0 spiro atoms. The van der Waals surface area contributed by atoms with Crippen LogP contribution in [0.4, 0.5) is 10.5 Å². The van der Waals surface area contributed by atoms with Gasteiger partial charge in [-0.3, -0.25) is 0 Å². The number of hydrogen-bond acceptors (Lipinski definition) is 3. The van der Waals surface area contributed by atoms with Crippen molar-refractivity contribution in [1.29, 1.82) is 0 Å². The van der Waals surface area contributed by atoms with Crippen LogP contribution in [0, 0.1) is 12.8 Å². The molecule has 0 unspecified atom stereocenters. The van der Waals surface area contributed by atoms with Crippen molar-refractivity contribution in [3.63, 3.8) is 0 Å². The minimum Gasteiger partial charge on any atom is -0.391 e. The molecular weight excluding hydrogens is 266 g/mol. The molecule has 0 bridgehead atoms. The third-order valence-electron chi connectivity index (χ3n) is 4.09. The maximum atomic E-state index is 12.1. The lowest BCUT2D eigenvalue weighted by Gasteiger charge is -2.28. The molecule has 2 rings (SSSR count). The summed E-state index contributed by atoms with van der Waals surface area (Å²) in [4.78, 5) is 12.1. The van der Waals surface area contributed by atoms with E-state index in [4.69, 9.17) is 0 Å². The first-order chi connectivity index (χ1) is 10.1. The van der Waals surface area contributed by atoms with E-state index < -0.39 is 0 Å². The topological polar surface area (TPSA) is 73.4 Å². The SMILES string of the molecule is CCc1cccc(C)c1NC(=O)NC[C@@H]1CCNC[C@H]1O. The number of carbonyl (C=O) groups excluding carboxylic acids is 1. The van der Waals surface area contributed by atoms with Gasteiger partial charge in [0.15, 0.2) is 0 Å². The molecule has 2 amide bonds. The van der Waals surface area contributed by atoms with Gasteiger partial charge >= 0.3 is 6.03 Å². The highest BCUT2D eigenvalue weighted by Crippen LogP contribution is 2.21. The number of aryl methyl sites for hydroxylation is 2. The van der Waals surface area contributed by atoms with Gasteiger partial charge in [0.25, 0.3) is 0 Å². The van der Waals surface area contributed by atoms with Crippen LogP contribution < -0.4 is 16.0 Å². The Morgan fingerprint density at radius 1 is 1.48 bits per heavy atom. The lowest BCUT2D eigenvalue weighted by atomic mass is 9.95. The van der Waals surface area contributed by atoms with Crippen LogP contribution in [0.1, 0.15) is 24.5 Å². The monoisotopic (exact) mass is 291 g/mol. The van der Waals surface area contributed by atoms with Crippen LogP contribution in [0.25, 0.3) is 0 Å². The van der Waals surface area contributed by atoms with E-state index in [1.807, 2.05) is 25.1 Å². The fraction of sp³-hybridized carbons (Fsp3) is 0.562. The van der Waals surface area contributed by atoms with Gasteiger partial charge in [-0.15, -0.1) is 0 Å². The fourth-order valence-corrected chi connectivity index (χ4v) is 2.72. The van der Waals surface area contributed by atoms with E-state index in [1.54, 1.807) is 0 Å². The smallest absolute Gasteiger partial charge is 0.319 e. The second-order valence-corrected chi connectivity index (χ2v) is 5.62. The summed E-state index contributed by atoms with van der Waals surface area (Å²) in [7, 11) is 0. The van der Waals surface area contributed by atoms with E-state index in [0.29, 0.717) is 13.1 Å². The summed E-state index contributed by atoms with van der Waals surface area (Å²) in [6.07, 6.45) is 1.37. The molecule has 0 radical (unpaired) electrons. The van der Waals surface area contributed by atoms with Crippen molar-refractivity contribution in [3.05, 3.63) is 29.3 Å². The predicted molar refractivity (Wildman–Crippen MR) is 84.6 cm³/mol. The number of urea groups is 1. The van der Waals surface area contributed by atoms with Crippen molar-refractivity contribution in [2.75, 3.05) is 25.0 Å². The number of hydrogen-bond donors (Lipinski definition) is 4. The van der Waals surface area contributed by atoms with E-state index in [2.05, 4.69) is 22.9 Å². The Morgan fingerprint density at radius 3 is 3.00 bits per heavy atom. The van der Waals surface area contributed by atoms with Crippen molar-refractivity contribution >= 4 is 11.7 Å². The Morgan fingerprint density at radius 2 is 2.29 bits per heavy atom. The Labute approximate surface area is 126 Å². The lowest BCUT2D eigenvalue weighted by Crippen LogP contribution is -2.46. The van der Waals surface area contributed by atoms with E-state index >= 15 is 0 Å². The number of rotatable bonds is 4. The largest absolute Gasteiger partial charge is 0.391 e. The number of para-hydroxylation sites is 1. The molecule has 21 heavy (non-hydrogen) atoms. The summed E-state index contributed by atoms with van der Waals surface area (Å²) in [5.41, 5.74) is 3.09. The summed E-state index contributed by atoms with van der Waals surface area (Å²) in [6, 6.07) is 5.82. The van der Waals surface area contributed by atoms with E-state index in [-0.39, 0.29) is 18.1 Å². The quantitative estimate of drug-likeness (QED) is 0.681. The first-order valence-electron chi connectivity index (χ1n) is 7.64. The van der Waals surface area contributed by atoms with E-state index in [1.165, 1.54) is 0 Å². The number of aliphatic hydroxyl groups is 1. The molecule has 4 N–H and O–H groups in total. The molecule has 5 heteroatoms. The number of carbonyl (C=O) groups is 1. The van der Waals surface area contributed by atoms with Crippen LogP contribution in [0.5, 0.6) is 0 Å². The van der Waals surface area contributed by atoms with Gasteiger partial charge < -0.3 is 21.1 Å². The van der Waals surface area contributed by atoms with Crippen LogP contribution in [0.3, 0.4) is 0 Å². The number of β-amino-alcohol motifs (C(OH)–C–C–N with tert-alkyl or cyclic N) is 1. The highest BCUT2D eigenvalue weighted by atomic mass is 16.3. The molecular formula is C16H25N3O2. The van der Waals surface area contributed by atoms with Crippen molar-refractivity contribution in [2.24, 2.45) is 5.92 Å². The summed E-state index contributed by atoms with van der Waals surface area (Å²) in [5.74, 6) is 0.125. The Kier molecular flexibility index (Phi) is 5.59. The average Bonchev–Trinajstić information content (AvgIpc) is 2.48. The van der Waals surface area contributed by atoms with Crippen molar-refractivity contribution < 1.29 is 9.90 Å². The minimum atomic E-state index is -0.385. The second-order valence-electron chi connectivity index (χ2n) is 5.62. The number of nitrogens with one attached hydrogen (secondary N) is 3. The summed E-state index contributed by atoms with van der Waals surface area (Å²) < 4.78 is 0. The number of amides is 2. The van der Waals surface area contributed by atoms with Crippen molar-refractivity contribution in [3.8, 4) is 0 Å². The number of benzene rings is 1. The standard InChI is InChI=1S/C16H25N3O2/c1-3-12-6-4-5-11(2)15(12)19-16(21)18-9-13-7-8-17-10-14(13)20/h4-6,13-14,17,20H,3,7-10H2,1-2H3,(H2,18,19,21)/t13-,14+/m0/s1. The third kappa shape index (κ3) is 4.19. The Balaban J connectivity index is 1.90. The summed E-state index contributed by atoms with van der Waals surface area (Å²) in [6.45, 7) is 6.06. The predicted octanol–water partition coefficient (Wildman–Crippen LogP) is 1.65. The number of anilines is 1. The van der Waals surface area contributed by atoms with Crippen LogP contribution in [0.2, 0.25) is 0 Å². The van der Waals surface area contributed by atoms with Gasteiger partial charge in [-0.1, -0.05) is 25.1 Å². The molecule has 1 saturated heterocycles. The highest BCUT2D eigenvalue weighted by molar-refractivity contribution is 5.91. The molecule has 0 aromatic heterocycles. The van der Waals surface area contributed by atoms with E-state index in [0.717, 1.165) is 36.2 Å². The molecule has 2 atom stereocenters. The van der Waals surface area contributed by atoms with Crippen LogP contribution >= 0.6 is 0 Å². The Hall–Kier alpha value is -1.59. The van der Waals surface area contributed by atoms with Crippen LogP contribution in [0.15, 0.2) is 18.2 Å². The molecule has 1 fully saturated rings. The first-order valence-corrected chi connectivity index (χ1v) is 7.64. The van der Waals surface area contributed by atoms with Crippen molar-refractivity contribution in [2.45, 2.75) is 32.8 Å². The van der Waals surface area contributed by atoms with Gasteiger partial charge in [-0.05, 0) is 37.4 Å². The van der Waals surface area contributed by atoms with Gasteiger partial charge in [0.2, 0.25) is 0 Å². The average molecular weight is 291 g/mol. The molecule has 0 aliphatic carbocycles. The maximum absolute atomic E-state index is 12.1. The van der Waals surface area contributed by atoms with Crippen LogP contribution in [-0.2, 0) is 6.42 Å². The van der Waals surface area contributed by atoms with Gasteiger partial charge in [0.05, 0.1) is 6.10 Å². The molecule has 1 heterocycles. The number of aliphatic hydroxyl groups excluding tert-OH is 1. The molecule has 1 aromatic rings. The summed E-state index contributed by atoms with van der Waals surface area (Å²) >= 11 is 0. The third-order valence-corrected chi connectivity index (χ3v) is 4.09. The Bertz CT molecular complexity index is 490. The van der Waals surface area contributed by atoms with Gasteiger partial charge in [-0.25, -0.2) is 4.79 Å². The normalized spacial score (nSPS) is 21.9. The van der Waals surface area contributed by atoms with Crippen LogP contribution in [-0.4, -0.2) is 36.9 Å². The zero-order valence-electron chi connectivity index (χ0n) is 12.8. The highest BCUT2D eigenvalue weighted by Gasteiger charge is 2.23. The van der Waals surface area contributed by atoms with E-state index in [9.17, 15) is 9.90 Å². The zero-order chi connectivity index (χ0) is 15.2. The lowest BCUT2D eigenvalue weighted by molar-refractivity contribution is 0.0830. The van der Waals surface area contributed by atoms with Gasteiger partial charge in [0, 0.05) is 24.7 Å². The van der Waals surface area contributed by atoms with Gasteiger partial charge in [-0.2, -0.15) is 0 Å². The van der Waals surface area contributed by atoms with Crippen molar-refractivity contribution in [1.82, 2.24) is 10.6 Å². The second kappa shape index (κ2) is 7.43. The molecule has 5 nitrogen and oxygen atoms in total. The molecule has 1 aliphatic heterocycles.